The predicted molar refractivity (Wildman–Crippen MR) is 119 cm³/mol. The molecule has 0 spiro atoms. The topological polar surface area (TPSA) is 64.6 Å². The molecule has 2 aromatic heterocycles. The maximum Gasteiger partial charge on any atom is 0.242 e. The summed E-state index contributed by atoms with van der Waals surface area (Å²) in [6.45, 7) is 14.8. The summed E-state index contributed by atoms with van der Waals surface area (Å²) in [7, 11) is 0. The molecule has 0 saturated carbocycles. The molecule has 2 fully saturated rings. The highest BCUT2D eigenvalue weighted by Crippen LogP contribution is 2.33. The molecule has 0 atom stereocenters. The zero-order valence-electron chi connectivity index (χ0n) is 17.8. The average molecular weight is 417 g/mol. The largest absolute Gasteiger partial charge is 0.360 e. The second kappa shape index (κ2) is 8.93. The van der Waals surface area contributed by atoms with Crippen molar-refractivity contribution in [2.45, 2.75) is 33.6 Å². The molecule has 0 aromatic carbocycles. The predicted octanol–water partition coefficient (Wildman–Crippen LogP) is 2.27. The molecule has 158 valence electrons. The summed E-state index contributed by atoms with van der Waals surface area (Å²) in [5.41, 5.74) is 1.20. The summed E-state index contributed by atoms with van der Waals surface area (Å²) in [5.74, 6) is 1.67. The second-order valence-electron chi connectivity index (χ2n) is 8.21. The smallest absolute Gasteiger partial charge is 0.242 e. The Hall–Kier alpha value is -1.77. The van der Waals surface area contributed by atoms with Gasteiger partial charge in [-0.3, -0.25) is 9.69 Å². The number of carbonyl (C=O) groups excluding carboxylic acids is 1. The minimum Gasteiger partial charge on any atom is -0.360 e. The van der Waals surface area contributed by atoms with Crippen molar-refractivity contribution < 1.29 is 4.79 Å². The number of nitrogens with zero attached hydrogens (tertiary/aromatic N) is 5. The van der Waals surface area contributed by atoms with E-state index < -0.39 is 0 Å². The van der Waals surface area contributed by atoms with Gasteiger partial charge in [0, 0.05) is 44.1 Å². The highest BCUT2D eigenvalue weighted by atomic mass is 32.1. The van der Waals surface area contributed by atoms with Gasteiger partial charge in [0.05, 0.1) is 11.9 Å². The van der Waals surface area contributed by atoms with Gasteiger partial charge < -0.3 is 15.1 Å². The van der Waals surface area contributed by atoms with E-state index in [0.29, 0.717) is 0 Å². The Morgan fingerprint density at radius 2 is 1.62 bits per heavy atom. The molecule has 2 aromatic rings. The molecular formula is C21H32N6OS. The van der Waals surface area contributed by atoms with Crippen molar-refractivity contribution in [2.24, 2.45) is 0 Å². The van der Waals surface area contributed by atoms with Crippen LogP contribution in [0, 0.1) is 20.8 Å². The number of fused-ring (bicyclic) bond motifs is 1. The molecule has 2 aliphatic rings. The molecule has 4 rings (SSSR count). The number of carbonyl (C=O) groups is 1. The number of aryl methyl sites for hydroxylation is 3. The number of hydrogen-bond acceptors (Lipinski definition) is 7. The fraction of sp³-hybridized carbons (Fsp3) is 0.667. The Morgan fingerprint density at radius 3 is 2.31 bits per heavy atom. The fourth-order valence-corrected chi connectivity index (χ4v) is 5.34. The fourth-order valence-electron chi connectivity index (χ4n) is 4.27. The summed E-state index contributed by atoms with van der Waals surface area (Å²) in [4.78, 5) is 31.1. The summed E-state index contributed by atoms with van der Waals surface area (Å²) in [6.07, 6.45) is 2.69. The zero-order chi connectivity index (χ0) is 20.4. The summed E-state index contributed by atoms with van der Waals surface area (Å²) >= 11 is 1.69. The first-order valence-electron chi connectivity index (χ1n) is 10.7. The SMILES string of the molecule is Cc1nc(NCC(=O)N2CCN(CCN3CCCC3)CC2)c2c(C)c(C)sc2n1. The monoisotopic (exact) mass is 416 g/mol. The second-order valence-corrected chi connectivity index (χ2v) is 9.41. The van der Waals surface area contributed by atoms with Gasteiger partial charge >= 0.3 is 0 Å². The summed E-state index contributed by atoms with van der Waals surface area (Å²) < 4.78 is 0. The van der Waals surface area contributed by atoms with Crippen LogP contribution >= 0.6 is 11.3 Å². The molecule has 29 heavy (non-hydrogen) atoms. The van der Waals surface area contributed by atoms with Crippen molar-refractivity contribution in [1.82, 2.24) is 24.7 Å². The highest BCUT2D eigenvalue weighted by molar-refractivity contribution is 7.18. The van der Waals surface area contributed by atoms with E-state index in [1.54, 1.807) is 11.3 Å². The van der Waals surface area contributed by atoms with Crippen LogP contribution in [0.15, 0.2) is 0 Å². The van der Waals surface area contributed by atoms with Gasteiger partial charge in [-0.1, -0.05) is 0 Å². The van der Waals surface area contributed by atoms with E-state index in [1.165, 1.54) is 36.4 Å². The van der Waals surface area contributed by atoms with Crippen molar-refractivity contribution in [1.29, 1.82) is 0 Å². The number of hydrogen-bond donors (Lipinski definition) is 1. The van der Waals surface area contributed by atoms with Gasteiger partial charge in [-0.15, -0.1) is 11.3 Å². The summed E-state index contributed by atoms with van der Waals surface area (Å²) in [5, 5.41) is 4.35. The number of aromatic nitrogens is 2. The number of rotatable bonds is 6. The first kappa shape index (κ1) is 20.5. The van der Waals surface area contributed by atoms with Gasteiger partial charge in [-0.2, -0.15) is 0 Å². The molecule has 0 radical (unpaired) electrons. The molecular weight excluding hydrogens is 384 g/mol. The molecule has 2 aliphatic heterocycles. The van der Waals surface area contributed by atoms with E-state index in [0.717, 1.165) is 61.1 Å². The molecule has 8 heteroatoms. The number of likely N-dealkylation sites (tertiary alicyclic amines) is 1. The number of anilines is 1. The third-order valence-corrected chi connectivity index (χ3v) is 7.30. The maximum absolute atomic E-state index is 12.8. The molecule has 7 nitrogen and oxygen atoms in total. The lowest BCUT2D eigenvalue weighted by atomic mass is 10.2. The van der Waals surface area contributed by atoms with Crippen LogP contribution in [0.1, 0.15) is 29.1 Å². The first-order chi connectivity index (χ1) is 14.0. The van der Waals surface area contributed by atoms with Crippen LogP contribution in [0.3, 0.4) is 0 Å². The molecule has 1 N–H and O–H groups in total. The normalized spacial score (nSPS) is 18.7. The Morgan fingerprint density at radius 1 is 0.966 bits per heavy atom. The lowest BCUT2D eigenvalue weighted by Gasteiger charge is -2.35. The number of amides is 1. The van der Waals surface area contributed by atoms with Crippen molar-refractivity contribution in [3.05, 3.63) is 16.3 Å². The van der Waals surface area contributed by atoms with Crippen molar-refractivity contribution in [2.75, 3.05) is 64.2 Å². The van der Waals surface area contributed by atoms with Crippen LogP contribution in [-0.2, 0) is 4.79 Å². The minimum absolute atomic E-state index is 0.151. The quantitative estimate of drug-likeness (QED) is 0.779. The van der Waals surface area contributed by atoms with Crippen LogP contribution < -0.4 is 5.32 Å². The molecule has 2 saturated heterocycles. The molecule has 0 bridgehead atoms. The molecule has 0 aliphatic carbocycles. The Bertz CT molecular complexity index is 868. The third kappa shape index (κ3) is 4.70. The standard InChI is InChI=1S/C21H32N6OS/c1-15-16(2)29-21-19(15)20(23-17(3)24-21)22-14-18(28)27-12-10-26(11-13-27)9-8-25-6-4-5-7-25/h4-14H2,1-3H3,(H,22,23,24). The highest BCUT2D eigenvalue weighted by Gasteiger charge is 2.22. The van der Waals surface area contributed by atoms with Gasteiger partial charge in [0.25, 0.3) is 0 Å². The van der Waals surface area contributed by atoms with Crippen LogP contribution in [0.25, 0.3) is 10.2 Å². The van der Waals surface area contributed by atoms with E-state index in [1.807, 2.05) is 11.8 Å². The molecule has 4 heterocycles. The van der Waals surface area contributed by atoms with Gasteiger partial charge in [-0.25, -0.2) is 9.97 Å². The van der Waals surface area contributed by atoms with Gasteiger partial charge in [0.15, 0.2) is 0 Å². The Balaban J connectivity index is 1.29. The number of nitrogens with one attached hydrogen (secondary N) is 1. The van der Waals surface area contributed by atoms with E-state index >= 15 is 0 Å². The maximum atomic E-state index is 12.8. The third-order valence-electron chi connectivity index (χ3n) is 6.20. The lowest BCUT2D eigenvalue weighted by molar-refractivity contribution is -0.131. The van der Waals surface area contributed by atoms with E-state index in [2.05, 4.69) is 38.9 Å². The first-order valence-corrected chi connectivity index (χ1v) is 11.5. The van der Waals surface area contributed by atoms with E-state index in [4.69, 9.17) is 0 Å². The number of piperazine rings is 1. The van der Waals surface area contributed by atoms with Crippen molar-refractivity contribution >= 4 is 33.3 Å². The average Bonchev–Trinajstić information content (AvgIpc) is 3.33. The molecule has 1 amide bonds. The van der Waals surface area contributed by atoms with Crippen LogP contribution in [-0.4, -0.2) is 89.5 Å². The minimum atomic E-state index is 0.151. The van der Waals surface area contributed by atoms with Crippen molar-refractivity contribution in [3.8, 4) is 0 Å². The van der Waals surface area contributed by atoms with E-state index in [9.17, 15) is 4.79 Å². The lowest BCUT2D eigenvalue weighted by Crippen LogP contribution is -2.51. The molecule has 0 unspecified atom stereocenters. The Labute approximate surface area is 177 Å². The van der Waals surface area contributed by atoms with Crippen LogP contribution in [0.4, 0.5) is 5.82 Å². The van der Waals surface area contributed by atoms with Crippen molar-refractivity contribution in [3.63, 3.8) is 0 Å². The van der Waals surface area contributed by atoms with E-state index in [-0.39, 0.29) is 12.5 Å². The van der Waals surface area contributed by atoms with Gasteiger partial charge in [0.2, 0.25) is 5.91 Å². The van der Waals surface area contributed by atoms with Gasteiger partial charge in [-0.05, 0) is 52.3 Å². The number of thiophene rings is 1. The summed E-state index contributed by atoms with van der Waals surface area (Å²) in [6, 6.07) is 0. The van der Waals surface area contributed by atoms with Crippen LogP contribution in [0.5, 0.6) is 0 Å². The van der Waals surface area contributed by atoms with Gasteiger partial charge in [0.1, 0.15) is 16.5 Å². The van der Waals surface area contributed by atoms with Crippen LogP contribution in [0.2, 0.25) is 0 Å². The zero-order valence-corrected chi connectivity index (χ0v) is 18.6. The Kier molecular flexibility index (Phi) is 6.32.